The minimum Gasteiger partial charge on any atom is -0.336 e. The third kappa shape index (κ3) is 2.04. The lowest BCUT2D eigenvalue weighted by Gasteiger charge is -2.36. The van der Waals surface area contributed by atoms with E-state index in [2.05, 4.69) is 28.9 Å². The van der Waals surface area contributed by atoms with Crippen LogP contribution in [0.25, 0.3) is 0 Å². The molecule has 0 spiro atoms. The number of thiophene rings is 1. The molecule has 2 rings (SSSR count). The molecule has 5 heteroatoms. The molecule has 88 valence electrons. The molecule has 3 nitrogen and oxygen atoms in total. The molecule has 16 heavy (non-hydrogen) atoms. The van der Waals surface area contributed by atoms with Gasteiger partial charge in [-0.25, -0.2) is 0 Å². The number of carbonyl (C=O) groups is 1. The van der Waals surface area contributed by atoms with Gasteiger partial charge in [-0.3, -0.25) is 4.79 Å². The number of halogens is 1. The Morgan fingerprint density at radius 3 is 2.88 bits per heavy atom. The highest BCUT2D eigenvalue weighted by Crippen LogP contribution is 2.37. The van der Waals surface area contributed by atoms with Crippen LogP contribution in [0, 0.1) is 6.92 Å². The van der Waals surface area contributed by atoms with Gasteiger partial charge in [0.1, 0.15) is 0 Å². The lowest BCUT2D eigenvalue weighted by atomic mass is 9.96. The van der Waals surface area contributed by atoms with E-state index < -0.39 is 0 Å². The monoisotopic (exact) mass is 302 g/mol. The zero-order valence-electron chi connectivity index (χ0n) is 9.37. The van der Waals surface area contributed by atoms with Gasteiger partial charge in [-0.15, -0.1) is 11.3 Å². The molecule has 1 fully saturated rings. The maximum absolute atomic E-state index is 11.7. The standard InChI is InChI=1S/C11H15BrN2OS/c1-6-7(12)5-9(16-6)11-8(13)3-4-10(15)14(11)2/h5,8,11H,3-4,13H2,1-2H3. The molecule has 0 radical (unpaired) electrons. The fraction of sp³-hybridized carbons (Fsp3) is 0.545. The number of nitrogens with zero attached hydrogens (tertiary/aromatic N) is 1. The predicted octanol–water partition coefficient (Wildman–Crippen LogP) is 2.44. The quantitative estimate of drug-likeness (QED) is 0.866. The lowest BCUT2D eigenvalue weighted by Crippen LogP contribution is -2.46. The number of likely N-dealkylation sites (N-methyl/N-ethyl adjacent to an activating group) is 1. The largest absolute Gasteiger partial charge is 0.336 e. The van der Waals surface area contributed by atoms with Crippen LogP contribution >= 0.6 is 27.3 Å². The Morgan fingerprint density at radius 1 is 1.62 bits per heavy atom. The Labute approximate surface area is 108 Å². The second-order valence-electron chi connectivity index (χ2n) is 4.20. The number of hydrogen-bond acceptors (Lipinski definition) is 3. The average Bonchev–Trinajstić information content (AvgIpc) is 2.54. The second kappa shape index (κ2) is 4.47. The molecule has 1 saturated heterocycles. The van der Waals surface area contributed by atoms with Gasteiger partial charge in [0.15, 0.2) is 0 Å². The molecule has 1 aromatic heterocycles. The van der Waals surface area contributed by atoms with Crippen LogP contribution in [0.4, 0.5) is 0 Å². The average molecular weight is 303 g/mol. The topological polar surface area (TPSA) is 46.3 Å². The van der Waals surface area contributed by atoms with Crippen LogP contribution < -0.4 is 5.73 Å². The van der Waals surface area contributed by atoms with Crippen LogP contribution in [0.1, 0.15) is 28.6 Å². The first-order chi connectivity index (χ1) is 7.50. The van der Waals surface area contributed by atoms with Crippen LogP contribution in [0.3, 0.4) is 0 Å². The van der Waals surface area contributed by atoms with Crippen LogP contribution in [0.5, 0.6) is 0 Å². The van der Waals surface area contributed by atoms with Gasteiger partial charge >= 0.3 is 0 Å². The summed E-state index contributed by atoms with van der Waals surface area (Å²) in [7, 11) is 1.84. The van der Waals surface area contributed by atoms with Crippen molar-refractivity contribution in [2.24, 2.45) is 5.73 Å². The van der Waals surface area contributed by atoms with E-state index in [1.54, 1.807) is 16.2 Å². The highest BCUT2D eigenvalue weighted by molar-refractivity contribution is 9.10. The summed E-state index contributed by atoms with van der Waals surface area (Å²) in [6, 6.07) is 2.17. The van der Waals surface area contributed by atoms with Gasteiger partial charge in [-0.1, -0.05) is 0 Å². The number of aryl methyl sites for hydroxylation is 1. The third-order valence-corrected chi connectivity index (χ3v) is 5.28. The zero-order chi connectivity index (χ0) is 11.9. The number of nitrogens with two attached hydrogens (primary N) is 1. The van der Waals surface area contributed by atoms with Gasteiger partial charge in [0.05, 0.1) is 6.04 Å². The highest BCUT2D eigenvalue weighted by atomic mass is 79.9. The summed E-state index contributed by atoms with van der Waals surface area (Å²) >= 11 is 5.21. The molecular formula is C11H15BrN2OS. The van der Waals surface area contributed by atoms with Crippen molar-refractivity contribution in [3.05, 3.63) is 20.3 Å². The van der Waals surface area contributed by atoms with Crippen molar-refractivity contribution in [1.29, 1.82) is 0 Å². The van der Waals surface area contributed by atoms with Crippen LogP contribution in [-0.2, 0) is 4.79 Å². The van der Waals surface area contributed by atoms with E-state index in [1.165, 1.54) is 9.75 Å². The number of piperidine rings is 1. The summed E-state index contributed by atoms with van der Waals surface area (Å²) in [6.45, 7) is 2.06. The number of carbonyl (C=O) groups excluding carboxylic acids is 1. The molecule has 2 unspecified atom stereocenters. The predicted molar refractivity (Wildman–Crippen MR) is 69.5 cm³/mol. The normalized spacial score (nSPS) is 26.2. The Bertz CT molecular complexity index is 399. The Hall–Kier alpha value is -0.390. The van der Waals surface area contributed by atoms with Gasteiger partial charge in [-0.2, -0.15) is 0 Å². The maximum atomic E-state index is 11.7. The van der Waals surface area contributed by atoms with E-state index in [-0.39, 0.29) is 18.0 Å². The molecule has 1 aliphatic rings. The van der Waals surface area contributed by atoms with E-state index in [0.29, 0.717) is 6.42 Å². The van der Waals surface area contributed by atoms with Crippen molar-refractivity contribution in [2.45, 2.75) is 31.8 Å². The Kier molecular flexibility index (Phi) is 3.37. The Balaban J connectivity index is 2.33. The highest BCUT2D eigenvalue weighted by Gasteiger charge is 2.33. The van der Waals surface area contributed by atoms with E-state index >= 15 is 0 Å². The minimum atomic E-state index is 0.0382. The summed E-state index contributed by atoms with van der Waals surface area (Å²) < 4.78 is 1.10. The van der Waals surface area contributed by atoms with Crippen LogP contribution in [0.15, 0.2) is 10.5 Å². The van der Waals surface area contributed by atoms with Crippen LogP contribution in [-0.4, -0.2) is 23.9 Å². The van der Waals surface area contributed by atoms with Gasteiger partial charge in [0, 0.05) is 33.7 Å². The number of rotatable bonds is 1. The van der Waals surface area contributed by atoms with Gasteiger partial charge < -0.3 is 10.6 Å². The van der Waals surface area contributed by atoms with Crippen molar-refractivity contribution in [1.82, 2.24) is 4.90 Å². The fourth-order valence-electron chi connectivity index (χ4n) is 2.10. The number of hydrogen-bond donors (Lipinski definition) is 1. The van der Waals surface area contributed by atoms with Crippen molar-refractivity contribution < 1.29 is 4.79 Å². The smallest absolute Gasteiger partial charge is 0.222 e. The molecule has 0 saturated carbocycles. The number of amides is 1. The van der Waals surface area contributed by atoms with Crippen molar-refractivity contribution in [3.63, 3.8) is 0 Å². The molecular weight excluding hydrogens is 288 g/mol. The molecule has 0 bridgehead atoms. The van der Waals surface area contributed by atoms with E-state index in [0.717, 1.165) is 10.9 Å². The van der Waals surface area contributed by atoms with E-state index in [1.807, 2.05) is 7.05 Å². The molecule has 2 N–H and O–H groups in total. The summed E-state index contributed by atoms with van der Waals surface area (Å²) in [4.78, 5) is 15.9. The van der Waals surface area contributed by atoms with Crippen molar-refractivity contribution in [3.8, 4) is 0 Å². The van der Waals surface area contributed by atoms with Crippen LogP contribution in [0.2, 0.25) is 0 Å². The first-order valence-electron chi connectivity index (χ1n) is 5.27. The summed E-state index contributed by atoms with van der Waals surface area (Å²) in [5.41, 5.74) is 6.12. The van der Waals surface area contributed by atoms with Crippen molar-refractivity contribution in [2.75, 3.05) is 7.05 Å². The zero-order valence-corrected chi connectivity index (χ0v) is 11.8. The Morgan fingerprint density at radius 2 is 2.31 bits per heavy atom. The van der Waals surface area contributed by atoms with Gasteiger partial charge in [0.25, 0.3) is 0 Å². The van der Waals surface area contributed by atoms with Crippen molar-refractivity contribution >= 4 is 33.2 Å². The molecule has 0 aromatic carbocycles. The SMILES string of the molecule is Cc1sc(C2C(N)CCC(=O)N2C)cc1Br. The maximum Gasteiger partial charge on any atom is 0.222 e. The summed E-state index contributed by atoms with van der Waals surface area (Å²) in [6.07, 6.45) is 1.35. The van der Waals surface area contributed by atoms with Gasteiger partial charge in [-0.05, 0) is 35.3 Å². The molecule has 1 amide bonds. The van der Waals surface area contributed by atoms with Gasteiger partial charge in [0.2, 0.25) is 5.91 Å². The summed E-state index contributed by atoms with van der Waals surface area (Å²) in [5.74, 6) is 0.189. The molecule has 2 atom stereocenters. The molecule has 1 aliphatic heterocycles. The van der Waals surface area contributed by atoms with E-state index in [9.17, 15) is 4.79 Å². The molecule has 2 heterocycles. The lowest BCUT2D eigenvalue weighted by molar-refractivity contribution is -0.135. The second-order valence-corrected chi connectivity index (χ2v) is 6.35. The third-order valence-electron chi connectivity index (χ3n) is 3.08. The van der Waals surface area contributed by atoms with E-state index in [4.69, 9.17) is 5.73 Å². The number of likely N-dealkylation sites (tertiary alicyclic amines) is 1. The molecule has 0 aliphatic carbocycles. The molecule has 1 aromatic rings. The first kappa shape index (κ1) is 12.1. The minimum absolute atomic E-state index is 0.0382. The fourth-order valence-corrected chi connectivity index (χ4v) is 3.88. The summed E-state index contributed by atoms with van der Waals surface area (Å²) in [5, 5.41) is 0. The first-order valence-corrected chi connectivity index (χ1v) is 6.88.